The topological polar surface area (TPSA) is 110 Å². The van der Waals surface area contributed by atoms with Crippen molar-refractivity contribution in [2.45, 2.75) is 20.0 Å². The van der Waals surface area contributed by atoms with Gasteiger partial charge in [0.2, 0.25) is 0 Å². The number of halogens is 1. The predicted octanol–water partition coefficient (Wildman–Crippen LogP) is 3.42. The molecule has 11 heteroatoms. The first kappa shape index (κ1) is 18.9. The number of carbonyl (C=O) groups is 3. The molecule has 140 valence electrons. The molecular weight excluding hydrogens is 395 g/mol. The van der Waals surface area contributed by atoms with Crippen molar-refractivity contribution in [3.63, 3.8) is 0 Å². The Morgan fingerprint density at radius 2 is 2.00 bits per heavy atom. The summed E-state index contributed by atoms with van der Waals surface area (Å²) in [5, 5.41) is 3.81. The minimum atomic E-state index is -0.962. The molecule has 0 aliphatic rings. The van der Waals surface area contributed by atoms with E-state index < -0.39 is 29.1 Å². The van der Waals surface area contributed by atoms with Gasteiger partial charge in [0.1, 0.15) is 5.00 Å². The maximum Gasteiger partial charge on any atom is 0.414 e. The van der Waals surface area contributed by atoms with Crippen LogP contribution in [-0.2, 0) is 4.74 Å². The first-order valence-electron chi connectivity index (χ1n) is 7.67. The van der Waals surface area contributed by atoms with E-state index in [4.69, 9.17) is 4.74 Å². The van der Waals surface area contributed by atoms with E-state index in [1.54, 1.807) is 32.2 Å². The summed E-state index contributed by atoms with van der Waals surface area (Å²) in [5.41, 5.74) is 0.227. The predicted molar refractivity (Wildman–Crippen MR) is 98.7 cm³/mol. The molecule has 0 bridgehead atoms. The Morgan fingerprint density at radius 1 is 1.22 bits per heavy atom. The molecule has 0 saturated carbocycles. The molecule has 0 aliphatic heterocycles. The van der Waals surface area contributed by atoms with Crippen LogP contribution in [0, 0.1) is 5.13 Å². The third-order valence-corrected chi connectivity index (χ3v) is 4.94. The maximum atomic E-state index is 13.7. The number of hydrogen-bond donors (Lipinski definition) is 2. The average molecular weight is 408 g/mol. The number of nitrogens with one attached hydrogen (secondary N) is 2. The van der Waals surface area contributed by atoms with Crippen LogP contribution in [0.3, 0.4) is 0 Å². The molecule has 2 N–H and O–H groups in total. The number of thiophene rings is 1. The van der Waals surface area contributed by atoms with Crippen LogP contribution in [0.25, 0.3) is 10.3 Å². The largest absolute Gasteiger partial charge is 0.447 e. The number of thiazole rings is 1. The van der Waals surface area contributed by atoms with Crippen molar-refractivity contribution >= 4 is 55.9 Å². The first-order chi connectivity index (χ1) is 12.8. The molecule has 3 aromatic heterocycles. The third-order valence-electron chi connectivity index (χ3n) is 3.09. The molecule has 0 aliphatic carbocycles. The summed E-state index contributed by atoms with van der Waals surface area (Å²) in [5.74, 6) is -1.50. The lowest BCUT2D eigenvalue weighted by Gasteiger charge is -2.09. The van der Waals surface area contributed by atoms with Gasteiger partial charge in [-0.2, -0.15) is 4.39 Å². The molecule has 0 atom stereocenters. The van der Waals surface area contributed by atoms with Gasteiger partial charge in [0.15, 0.2) is 15.8 Å². The van der Waals surface area contributed by atoms with E-state index in [1.165, 1.54) is 0 Å². The number of pyridine rings is 1. The van der Waals surface area contributed by atoms with Crippen LogP contribution in [0.2, 0.25) is 0 Å². The van der Waals surface area contributed by atoms with Crippen LogP contribution in [-0.4, -0.2) is 34.0 Å². The van der Waals surface area contributed by atoms with E-state index in [0.717, 1.165) is 22.1 Å². The number of rotatable bonds is 4. The summed E-state index contributed by atoms with van der Waals surface area (Å²) < 4.78 is 19.2. The van der Waals surface area contributed by atoms with Crippen LogP contribution in [0.1, 0.15) is 34.0 Å². The number of carbonyl (C=O) groups excluding carboxylic acids is 3. The van der Waals surface area contributed by atoms with Crippen LogP contribution in [0.15, 0.2) is 24.4 Å². The van der Waals surface area contributed by atoms with E-state index in [-0.39, 0.29) is 15.6 Å². The Labute approximate surface area is 160 Å². The Hall–Kier alpha value is -2.92. The molecule has 3 aromatic rings. The average Bonchev–Trinajstić information content (AvgIpc) is 3.17. The lowest BCUT2D eigenvalue weighted by molar-refractivity contribution is 0.0877. The van der Waals surface area contributed by atoms with Gasteiger partial charge < -0.3 is 10.1 Å². The second-order valence-electron chi connectivity index (χ2n) is 5.50. The summed E-state index contributed by atoms with van der Waals surface area (Å²) in [4.78, 5) is 44.3. The van der Waals surface area contributed by atoms with Crippen LogP contribution in [0.4, 0.5) is 14.2 Å². The highest BCUT2D eigenvalue weighted by Crippen LogP contribution is 2.28. The summed E-state index contributed by atoms with van der Waals surface area (Å²) in [6.07, 6.45) is 0.164. The quantitative estimate of drug-likeness (QED) is 0.684. The van der Waals surface area contributed by atoms with Crippen molar-refractivity contribution in [1.29, 1.82) is 0 Å². The second kappa shape index (κ2) is 7.76. The number of anilines is 1. The van der Waals surface area contributed by atoms with Gasteiger partial charge in [0, 0.05) is 12.3 Å². The van der Waals surface area contributed by atoms with Crippen molar-refractivity contribution in [3.05, 3.63) is 40.1 Å². The fraction of sp³-hybridized carbons (Fsp3) is 0.188. The highest BCUT2D eigenvalue weighted by atomic mass is 32.1. The van der Waals surface area contributed by atoms with Gasteiger partial charge in [0.25, 0.3) is 11.8 Å². The molecule has 3 rings (SSSR count). The van der Waals surface area contributed by atoms with Gasteiger partial charge in [-0.05, 0) is 26.0 Å². The maximum absolute atomic E-state index is 13.7. The summed E-state index contributed by atoms with van der Waals surface area (Å²) in [6.45, 7) is 3.24. The monoisotopic (exact) mass is 408 g/mol. The van der Waals surface area contributed by atoms with Gasteiger partial charge >= 0.3 is 6.09 Å². The lowest BCUT2D eigenvalue weighted by Crippen LogP contribution is -2.33. The van der Waals surface area contributed by atoms with Crippen molar-refractivity contribution < 1.29 is 23.5 Å². The van der Waals surface area contributed by atoms with Crippen LogP contribution >= 0.6 is 22.7 Å². The molecule has 0 spiro atoms. The Bertz CT molecular complexity index is 998. The van der Waals surface area contributed by atoms with Gasteiger partial charge in [-0.1, -0.05) is 11.3 Å². The number of nitrogens with zero attached hydrogens (tertiary/aromatic N) is 2. The minimum Gasteiger partial charge on any atom is -0.447 e. The second-order valence-corrected chi connectivity index (χ2v) is 7.53. The summed E-state index contributed by atoms with van der Waals surface area (Å²) in [6, 6.07) is 4.41. The number of aromatic nitrogens is 2. The number of amides is 3. The van der Waals surface area contributed by atoms with E-state index in [0.29, 0.717) is 17.0 Å². The van der Waals surface area contributed by atoms with Gasteiger partial charge in [-0.3, -0.25) is 14.9 Å². The number of imide groups is 1. The zero-order valence-electron chi connectivity index (χ0n) is 14.1. The normalized spacial score (nSPS) is 10.8. The third kappa shape index (κ3) is 4.44. The van der Waals surface area contributed by atoms with Gasteiger partial charge in [-0.25, -0.2) is 14.8 Å². The zero-order chi connectivity index (χ0) is 19.6. The molecule has 0 fully saturated rings. The molecule has 27 heavy (non-hydrogen) atoms. The van der Waals surface area contributed by atoms with Gasteiger partial charge in [-0.15, -0.1) is 11.3 Å². The van der Waals surface area contributed by atoms with Gasteiger partial charge in [0.05, 0.1) is 16.4 Å². The number of fused-ring (bicyclic) bond motifs is 1. The molecule has 0 saturated heterocycles. The Kier molecular flexibility index (Phi) is 5.42. The smallest absolute Gasteiger partial charge is 0.414 e. The van der Waals surface area contributed by atoms with E-state index in [1.807, 2.05) is 5.32 Å². The fourth-order valence-corrected chi connectivity index (χ4v) is 3.65. The van der Waals surface area contributed by atoms with E-state index in [2.05, 4.69) is 15.3 Å². The SMILES string of the molecule is CC(C)OC(=O)NC(=O)c1cc(F)sc1NC(=O)c1nc2ncccc2s1. The highest BCUT2D eigenvalue weighted by Gasteiger charge is 2.22. The molecule has 0 radical (unpaired) electrons. The number of ether oxygens (including phenoxy) is 1. The molecular formula is C16H13FN4O4S2. The molecule has 0 aromatic carbocycles. The first-order valence-corrected chi connectivity index (χ1v) is 9.31. The highest BCUT2D eigenvalue weighted by molar-refractivity contribution is 7.20. The molecule has 3 amide bonds. The van der Waals surface area contributed by atoms with Crippen molar-refractivity contribution in [3.8, 4) is 0 Å². The van der Waals surface area contributed by atoms with Crippen molar-refractivity contribution in [2.75, 3.05) is 5.32 Å². The molecule has 3 heterocycles. The van der Waals surface area contributed by atoms with Crippen molar-refractivity contribution in [1.82, 2.24) is 15.3 Å². The standard InChI is InChI=1S/C16H13FN4O4S2/c1-7(2)25-16(24)21-12(22)8-6-10(17)27-14(8)20-13(23)15-19-11-9(26-15)4-3-5-18-11/h3-7H,1-2H3,(H,20,23)(H,21,22,24). The van der Waals surface area contributed by atoms with Crippen LogP contribution in [0.5, 0.6) is 0 Å². The lowest BCUT2D eigenvalue weighted by atomic mass is 10.3. The zero-order valence-corrected chi connectivity index (χ0v) is 15.7. The number of alkyl carbamates (subject to hydrolysis) is 1. The molecule has 8 nitrogen and oxygen atoms in total. The Morgan fingerprint density at radius 3 is 2.70 bits per heavy atom. The Balaban J connectivity index is 1.78. The minimum absolute atomic E-state index is 0.0421. The molecule has 0 unspecified atom stereocenters. The van der Waals surface area contributed by atoms with E-state index >= 15 is 0 Å². The fourth-order valence-electron chi connectivity index (χ4n) is 2.05. The van der Waals surface area contributed by atoms with Crippen molar-refractivity contribution in [2.24, 2.45) is 0 Å². The summed E-state index contributed by atoms with van der Waals surface area (Å²) in [7, 11) is 0. The summed E-state index contributed by atoms with van der Waals surface area (Å²) >= 11 is 1.68. The van der Waals surface area contributed by atoms with Crippen LogP contribution < -0.4 is 10.6 Å². The van der Waals surface area contributed by atoms with E-state index in [9.17, 15) is 18.8 Å². The number of hydrogen-bond acceptors (Lipinski definition) is 8.